The van der Waals surface area contributed by atoms with E-state index in [0.29, 0.717) is 83.2 Å². The number of hydrogen-bond acceptors (Lipinski definition) is 4. The molecule has 0 unspecified atom stereocenters. The van der Waals surface area contributed by atoms with Crippen LogP contribution in [0.3, 0.4) is 0 Å². The van der Waals surface area contributed by atoms with Gasteiger partial charge in [-0.1, -0.05) is 78.9 Å². The zero-order valence-corrected chi connectivity index (χ0v) is 39.6. The van der Waals surface area contributed by atoms with E-state index >= 15 is 8.78 Å². The highest BCUT2D eigenvalue weighted by atomic mass is 19.2. The molecule has 0 aliphatic carbocycles. The Hall–Kier alpha value is -9.74. The second-order valence-corrected chi connectivity index (χ2v) is 18.4. The van der Waals surface area contributed by atoms with Crippen LogP contribution in [0.4, 0.5) is 26.3 Å². The summed E-state index contributed by atoms with van der Waals surface area (Å²) in [6.45, 7) is -2.43. The third kappa shape index (κ3) is 8.00. The summed E-state index contributed by atoms with van der Waals surface area (Å²) in [5.74, 6) is -4.10. The summed E-state index contributed by atoms with van der Waals surface area (Å²) in [6, 6.07) is 50.1. The molecule has 5 aromatic heterocycles. The Bertz CT molecular complexity index is 4460. The number of aromatic nitrogens is 5. The van der Waals surface area contributed by atoms with Crippen LogP contribution >= 0.6 is 0 Å². The summed E-state index contributed by atoms with van der Waals surface area (Å²) in [5.41, 5.74) is 10.8. The van der Waals surface area contributed by atoms with Crippen LogP contribution in [0.1, 0.15) is 9.68 Å². The molecule has 8 aromatic carbocycles. The normalized spacial score (nSPS) is 12.4. The van der Waals surface area contributed by atoms with Crippen LogP contribution in [-0.4, -0.2) is 24.3 Å². The fourth-order valence-corrected chi connectivity index (χ4v) is 10.3. The number of nitrogens with zero attached hydrogens (tertiary/aromatic N) is 5. The van der Waals surface area contributed by atoms with Gasteiger partial charge in [0.1, 0.15) is 40.6 Å². The lowest BCUT2D eigenvalue weighted by Gasteiger charge is -2.18. The van der Waals surface area contributed by atoms with E-state index in [0.717, 1.165) is 46.3 Å². The Labute approximate surface area is 435 Å². The van der Waals surface area contributed by atoms with Gasteiger partial charge in [-0.25, -0.2) is 31.3 Å². The average Bonchev–Trinajstić information content (AvgIpc) is 4.05. The Morgan fingerprint density at radius 1 is 0.355 bits per heavy atom. The first-order valence-corrected chi connectivity index (χ1v) is 24.0. The van der Waals surface area contributed by atoms with Crippen molar-refractivity contribution in [2.45, 2.75) is 6.85 Å². The van der Waals surface area contributed by atoms with Crippen molar-refractivity contribution in [2.75, 3.05) is 0 Å². The minimum absolute atomic E-state index is 0.0990. The van der Waals surface area contributed by atoms with Gasteiger partial charge in [-0.05, 0) is 160 Å². The van der Waals surface area contributed by atoms with E-state index in [4.69, 9.17) is 14.1 Å². The second kappa shape index (κ2) is 18.3. The summed E-state index contributed by atoms with van der Waals surface area (Å²) in [7, 11) is 0. The zero-order chi connectivity index (χ0) is 54.3. The number of benzene rings is 8. The predicted molar refractivity (Wildman–Crippen MR) is 289 cm³/mol. The largest absolute Gasteiger partial charge is 0.292 e. The fraction of sp³-hybridized carbons (Fsp3) is 0.0154. The number of imidazole rings is 1. The van der Waals surface area contributed by atoms with E-state index in [9.17, 15) is 17.6 Å². The van der Waals surface area contributed by atoms with Crippen LogP contribution in [0.5, 0.6) is 0 Å². The molecular weight excluding hydrogens is 965 g/mol. The lowest BCUT2D eigenvalue weighted by atomic mass is 9.86. The molecule has 0 radical (unpaired) electrons. The topological polar surface area (TPSA) is 56.0 Å². The molecule has 13 aromatic rings. The molecule has 11 heteroatoms. The van der Waals surface area contributed by atoms with Gasteiger partial charge < -0.3 is 0 Å². The smallest absolute Gasteiger partial charge is 0.147 e. The molecule has 364 valence electrons. The van der Waals surface area contributed by atoms with Gasteiger partial charge in [0, 0.05) is 73.4 Å². The number of para-hydroxylation sites is 2. The monoisotopic (exact) mass is 1000 g/mol. The second-order valence-electron chi connectivity index (χ2n) is 18.4. The Kier molecular flexibility index (Phi) is 10.3. The first-order valence-electron chi connectivity index (χ1n) is 25.5. The third-order valence-corrected chi connectivity index (χ3v) is 13.8. The maximum Gasteiger partial charge on any atom is 0.147 e. The maximum atomic E-state index is 15.8. The fourth-order valence-electron chi connectivity index (χ4n) is 10.3. The summed E-state index contributed by atoms with van der Waals surface area (Å²) in [6.07, 6.45) is 4.85. The van der Waals surface area contributed by atoms with Gasteiger partial charge in [-0.3, -0.25) is 19.4 Å². The van der Waals surface area contributed by atoms with Crippen molar-refractivity contribution >= 4 is 38.5 Å². The molecule has 0 aliphatic heterocycles. The molecule has 0 atom stereocenters. The van der Waals surface area contributed by atoms with E-state index in [1.807, 2.05) is 83.3 Å². The summed E-state index contributed by atoms with van der Waals surface area (Å²) in [4.78, 5) is 19.2. The standard InChI is InChI=1S/C65H37F6N5/c1-36-7-6-12-62-63(36)75-65-56-28-42(35-74-64(56)53-10-4-5-11-61(53)76(62)65)48-9-3-2-8-47(48)39-25-40(54-29-43(66)15-19-49(54)37-13-23-59(72-33-37)51-21-17-45(68)31-57(51)70)27-41(26-39)55-30-44(67)16-20-50(55)38-14-24-60(73-34-38)52-22-18-46(69)32-58(52)71/h2-35H,1H3/i1D3. The maximum absolute atomic E-state index is 15.8. The Morgan fingerprint density at radius 2 is 0.842 bits per heavy atom. The number of rotatable bonds is 8. The summed E-state index contributed by atoms with van der Waals surface area (Å²) < 4.78 is 116. The van der Waals surface area contributed by atoms with Gasteiger partial charge in [-0.2, -0.15) is 0 Å². The molecular formula is C65H37F6N5. The van der Waals surface area contributed by atoms with Gasteiger partial charge in [-0.15, -0.1) is 0 Å². The van der Waals surface area contributed by atoms with Crippen molar-refractivity contribution in [1.29, 1.82) is 0 Å². The molecule has 0 N–H and O–H groups in total. The van der Waals surface area contributed by atoms with Crippen LogP contribution in [-0.2, 0) is 0 Å². The third-order valence-electron chi connectivity index (χ3n) is 13.8. The molecule has 5 nitrogen and oxygen atoms in total. The van der Waals surface area contributed by atoms with Crippen molar-refractivity contribution in [3.05, 3.63) is 247 Å². The Morgan fingerprint density at radius 3 is 1.39 bits per heavy atom. The Balaban J connectivity index is 1.02. The summed E-state index contributed by atoms with van der Waals surface area (Å²) in [5, 5.41) is 1.50. The molecule has 0 saturated carbocycles. The van der Waals surface area contributed by atoms with Crippen molar-refractivity contribution < 1.29 is 30.5 Å². The van der Waals surface area contributed by atoms with Gasteiger partial charge in [0.15, 0.2) is 0 Å². The van der Waals surface area contributed by atoms with Gasteiger partial charge in [0.05, 0.1) is 33.5 Å². The molecule has 0 fully saturated rings. The molecule has 0 bridgehead atoms. The van der Waals surface area contributed by atoms with Gasteiger partial charge >= 0.3 is 0 Å². The van der Waals surface area contributed by atoms with Crippen LogP contribution < -0.4 is 0 Å². The van der Waals surface area contributed by atoms with Crippen LogP contribution in [0.2, 0.25) is 0 Å². The van der Waals surface area contributed by atoms with E-state index in [-0.39, 0.29) is 28.1 Å². The van der Waals surface area contributed by atoms with Crippen molar-refractivity contribution in [3.63, 3.8) is 0 Å². The highest BCUT2D eigenvalue weighted by Crippen LogP contribution is 2.44. The first kappa shape index (κ1) is 42.7. The van der Waals surface area contributed by atoms with Crippen molar-refractivity contribution in [3.8, 4) is 89.3 Å². The number of pyridine rings is 4. The average molecular weight is 1010 g/mol. The number of fused-ring (bicyclic) bond motifs is 8. The molecule has 0 aliphatic rings. The zero-order valence-electron chi connectivity index (χ0n) is 42.6. The van der Waals surface area contributed by atoms with E-state index in [1.165, 1.54) is 48.8 Å². The van der Waals surface area contributed by atoms with Crippen molar-refractivity contribution in [1.82, 2.24) is 24.3 Å². The first-order chi connectivity index (χ1) is 38.2. The summed E-state index contributed by atoms with van der Waals surface area (Å²) >= 11 is 0. The van der Waals surface area contributed by atoms with Crippen molar-refractivity contribution in [2.24, 2.45) is 0 Å². The highest BCUT2D eigenvalue weighted by Gasteiger charge is 2.21. The molecule has 13 rings (SSSR count). The number of hydrogen-bond donors (Lipinski definition) is 0. The number of aryl methyl sites for hydroxylation is 1. The molecule has 0 spiro atoms. The molecule has 0 saturated heterocycles. The van der Waals surface area contributed by atoms with Crippen LogP contribution in [0.25, 0.3) is 128 Å². The minimum Gasteiger partial charge on any atom is -0.292 e. The van der Waals surface area contributed by atoms with E-state index in [1.54, 1.807) is 54.7 Å². The molecule has 0 amide bonds. The molecule has 76 heavy (non-hydrogen) atoms. The SMILES string of the molecule is [2H]C([2H])([2H])c1cccc2c1nc1c3cc(-c4ccccc4-c4cc(-c5cc(F)ccc5-c5ccc(-c6ccc(F)cc6F)nc5)cc(-c5cc(F)ccc5-c5ccc(-c6ccc(F)cc6F)nc5)c4)cnc3c3ccccc3n21. The molecule has 5 heterocycles. The van der Waals surface area contributed by atoms with Gasteiger partial charge in [0.2, 0.25) is 0 Å². The van der Waals surface area contributed by atoms with E-state index in [2.05, 4.69) is 9.97 Å². The van der Waals surface area contributed by atoms with Gasteiger partial charge in [0.25, 0.3) is 0 Å². The van der Waals surface area contributed by atoms with E-state index < -0.39 is 41.8 Å². The predicted octanol–water partition coefficient (Wildman–Crippen LogP) is 17.5. The van der Waals surface area contributed by atoms with Crippen LogP contribution in [0, 0.1) is 41.8 Å². The lowest BCUT2D eigenvalue weighted by Crippen LogP contribution is -1.95. The minimum atomic E-state index is -2.43. The highest BCUT2D eigenvalue weighted by molar-refractivity contribution is 6.13. The quantitative estimate of drug-likeness (QED) is 0.112. The lowest BCUT2D eigenvalue weighted by molar-refractivity contribution is 0.584. The van der Waals surface area contributed by atoms with Crippen LogP contribution in [0.15, 0.2) is 207 Å². The number of halogens is 6.